The molecule has 4 aromatic rings. The molecule has 1 saturated heterocycles. The Kier molecular flexibility index (Phi) is 9.04. The molecule has 1 amide bonds. The van der Waals surface area contributed by atoms with E-state index in [1.54, 1.807) is 0 Å². The van der Waals surface area contributed by atoms with Crippen molar-refractivity contribution in [1.29, 1.82) is 0 Å². The van der Waals surface area contributed by atoms with Crippen molar-refractivity contribution in [3.05, 3.63) is 102 Å². The molecule has 0 atom stereocenters. The summed E-state index contributed by atoms with van der Waals surface area (Å²) in [6, 6.07) is 26.9. The Hall–Kier alpha value is -3.28. The monoisotopic (exact) mass is 503 g/mol. The predicted octanol–water partition coefficient (Wildman–Crippen LogP) is 5.74. The Labute approximate surface area is 219 Å². The van der Waals surface area contributed by atoms with Gasteiger partial charge in [-0.2, -0.15) is 0 Å². The Balaban J connectivity index is 0.00000304. The number of H-pyrrole nitrogens is 1. The average molecular weight is 504 g/mol. The van der Waals surface area contributed by atoms with Crippen molar-refractivity contribution in [1.82, 2.24) is 15.2 Å². The standard InChI is InChI=1S/C30H33N3O2.ClH/c34-30(31-17-14-26-20-32-29-9-5-4-8-28(26)29)25-15-18-33(19-16-25)21-23-10-12-27(13-11-23)35-22-24-6-2-1-3-7-24;/h1-13,20,25,32H,14-19,21-22H2,(H,31,34);1H. The van der Waals surface area contributed by atoms with Gasteiger partial charge < -0.3 is 15.0 Å². The summed E-state index contributed by atoms with van der Waals surface area (Å²) < 4.78 is 5.89. The van der Waals surface area contributed by atoms with Crippen molar-refractivity contribution in [3.8, 4) is 5.75 Å². The lowest BCUT2D eigenvalue weighted by atomic mass is 9.95. The van der Waals surface area contributed by atoms with Crippen molar-refractivity contribution >= 4 is 29.2 Å². The van der Waals surface area contributed by atoms with E-state index in [0.717, 1.165) is 50.2 Å². The van der Waals surface area contributed by atoms with E-state index in [4.69, 9.17) is 4.74 Å². The van der Waals surface area contributed by atoms with Crippen LogP contribution in [0.15, 0.2) is 85.1 Å². The minimum absolute atomic E-state index is 0. The summed E-state index contributed by atoms with van der Waals surface area (Å²) >= 11 is 0. The van der Waals surface area contributed by atoms with Crippen LogP contribution in [0.1, 0.15) is 29.5 Å². The van der Waals surface area contributed by atoms with Crippen LogP contribution in [0, 0.1) is 5.92 Å². The first-order chi connectivity index (χ1) is 17.2. The number of aromatic amines is 1. The number of hydrogen-bond donors (Lipinski definition) is 2. The molecule has 0 aliphatic carbocycles. The molecule has 6 heteroatoms. The van der Waals surface area contributed by atoms with Gasteiger partial charge in [-0.1, -0.05) is 60.7 Å². The number of piperidine rings is 1. The van der Waals surface area contributed by atoms with Crippen LogP contribution in [0.25, 0.3) is 10.9 Å². The number of hydrogen-bond acceptors (Lipinski definition) is 3. The molecule has 0 unspecified atom stereocenters. The summed E-state index contributed by atoms with van der Waals surface area (Å²) in [5.74, 6) is 1.20. The number of benzene rings is 3. The normalized spacial score (nSPS) is 14.3. The van der Waals surface area contributed by atoms with Gasteiger partial charge in [0, 0.05) is 36.1 Å². The van der Waals surface area contributed by atoms with Gasteiger partial charge in [0.05, 0.1) is 0 Å². The fourth-order valence-electron chi connectivity index (χ4n) is 4.85. The summed E-state index contributed by atoms with van der Waals surface area (Å²) in [6.07, 6.45) is 4.73. The predicted molar refractivity (Wildman–Crippen MR) is 147 cm³/mol. The van der Waals surface area contributed by atoms with Crippen LogP contribution in [0.2, 0.25) is 0 Å². The molecule has 2 heterocycles. The van der Waals surface area contributed by atoms with E-state index in [2.05, 4.69) is 63.9 Å². The fourth-order valence-corrected chi connectivity index (χ4v) is 4.85. The molecule has 188 valence electrons. The van der Waals surface area contributed by atoms with Crippen LogP contribution in [0.4, 0.5) is 0 Å². The highest BCUT2D eigenvalue weighted by Crippen LogP contribution is 2.21. The summed E-state index contributed by atoms with van der Waals surface area (Å²) in [6.45, 7) is 4.07. The van der Waals surface area contributed by atoms with Crippen molar-refractivity contribution in [2.75, 3.05) is 19.6 Å². The molecule has 1 aliphatic heterocycles. The van der Waals surface area contributed by atoms with E-state index in [-0.39, 0.29) is 24.2 Å². The molecular formula is C30H34ClN3O2. The number of nitrogens with zero attached hydrogens (tertiary/aromatic N) is 1. The first-order valence-corrected chi connectivity index (χ1v) is 12.6. The van der Waals surface area contributed by atoms with Gasteiger partial charge in [0.25, 0.3) is 0 Å². The molecule has 0 bridgehead atoms. The molecule has 0 saturated carbocycles. The fraction of sp³-hybridized carbons (Fsp3) is 0.300. The zero-order valence-electron chi connectivity index (χ0n) is 20.5. The summed E-state index contributed by atoms with van der Waals surface area (Å²) in [7, 11) is 0. The lowest BCUT2D eigenvalue weighted by molar-refractivity contribution is -0.126. The van der Waals surface area contributed by atoms with Crippen LogP contribution in [0.5, 0.6) is 5.75 Å². The van der Waals surface area contributed by atoms with Gasteiger partial charge in [0.2, 0.25) is 5.91 Å². The van der Waals surface area contributed by atoms with E-state index >= 15 is 0 Å². The molecule has 0 radical (unpaired) electrons. The molecule has 3 aromatic carbocycles. The zero-order chi connectivity index (χ0) is 23.9. The zero-order valence-corrected chi connectivity index (χ0v) is 21.3. The number of para-hydroxylation sites is 1. The minimum atomic E-state index is 0. The highest BCUT2D eigenvalue weighted by molar-refractivity contribution is 5.85. The topological polar surface area (TPSA) is 57.4 Å². The molecule has 1 aliphatic rings. The SMILES string of the molecule is Cl.O=C(NCCc1c[nH]c2ccccc12)C1CCN(Cc2ccc(OCc3ccccc3)cc2)CC1. The lowest BCUT2D eigenvalue weighted by Gasteiger charge is -2.31. The molecule has 2 N–H and O–H groups in total. The van der Waals surface area contributed by atoms with Crippen LogP contribution in [-0.2, 0) is 24.4 Å². The van der Waals surface area contributed by atoms with Crippen LogP contribution < -0.4 is 10.1 Å². The van der Waals surface area contributed by atoms with Crippen molar-refractivity contribution in [2.45, 2.75) is 32.4 Å². The van der Waals surface area contributed by atoms with E-state index in [0.29, 0.717) is 13.2 Å². The van der Waals surface area contributed by atoms with Gasteiger partial charge in [-0.3, -0.25) is 9.69 Å². The van der Waals surface area contributed by atoms with E-state index < -0.39 is 0 Å². The number of rotatable bonds is 9. The van der Waals surface area contributed by atoms with Crippen LogP contribution in [-0.4, -0.2) is 35.4 Å². The molecule has 1 aromatic heterocycles. The molecule has 5 nitrogen and oxygen atoms in total. The number of likely N-dealkylation sites (tertiary alicyclic amines) is 1. The molecule has 36 heavy (non-hydrogen) atoms. The quantitative estimate of drug-likeness (QED) is 0.306. The first-order valence-electron chi connectivity index (χ1n) is 12.6. The Morgan fingerprint density at radius 1 is 0.917 bits per heavy atom. The number of ether oxygens (including phenoxy) is 1. The summed E-state index contributed by atoms with van der Waals surface area (Å²) in [5.41, 5.74) is 4.85. The lowest BCUT2D eigenvalue weighted by Crippen LogP contribution is -2.40. The van der Waals surface area contributed by atoms with Gasteiger partial charge in [0.1, 0.15) is 12.4 Å². The number of fused-ring (bicyclic) bond motifs is 1. The van der Waals surface area contributed by atoms with Crippen molar-refractivity contribution in [3.63, 3.8) is 0 Å². The number of amides is 1. The number of carbonyl (C=O) groups is 1. The first kappa shape index (κ1) is 25.8. The molecule has 0 spiro atoms. The number of halogens is 1. The second-order valence-electron chi connectivity index (χ2n) is 9.37. The Morgan fingerprint density at radius 3 is 2.42 bits per heavy atom. The van der Waals surface area contributed by atoms with Crippen LogP contribution >= 0.6 is 12.4 Å². The third kappa shape index (κ3) is 6.68. The average Bonchev–Trinajstić information content (AvgIpc) is 3.32. The summed E-state index contributed by atoms with van der Waals surface area (Å²) in [5, 5.41) is 4.41. The summed E-state index contributed by atoms with van der Waals surface area (Å²) in [4.78, 5) is 18.5. The van der Waals surface area contributed by atoms with Gasteiger partial charge in [-0.15, -0.1) is 12.4 Å². The van der Waals surface area contributed by atoms with Crippen molar-refractivity contribution < 1.29 is 9.53 Å². The van der Waals surface area contributed by atoms with Gasteiger partial charge in [-0.05, 0) is 67.2 Å². The van der Waals surface area contributed by atoms with Crippen LogP contribution in [0.3, 0.4) is 0 Å². The van der Waals surface area contributed by atoms with E-state index in [1.165, 1.54) is 22.1 Å². The van der Waals surface area contributed by atoms with E-state index in [1.807, 2.05) is 36.4 Å². The number of carbonyl (C=O) groups excluding carboxylic acids is 1. The van der Waals surface area contributed by atoms with Crippen molar-refractivity contribution in [2.24, 2.45) is 5.92 Å². The second-order valence-corrected chi connectivity index (χ2v) is 9.37. The molecule has 1 fully saturated rings. The largest absolute Gasteiger partial charge is 0.489 e. The maximum absolute atomic E-state index is 12.7. The minimum Gasteiger partial charge on any atom is -0.489 e. The Bertz CT molecular complexity index is 1230. The van der Waals surface area contributed by atoms with Gasteiger partial charge in [-0.25, -0.2) is 0 Å². The number of aromatic nitrogens is 1. The third-order valence-electron chi connectivity index (χ3n) is 6.90. The second kappa shape index (κ2) is 12.6. The van der Waals surface area contributed by atoms with Gasteiger partial charge >= 0.3 is 0 Å². The smallest absolute Gasteiger partial charge is 0.223 e. The Morgan fingerprint density at radius 2 is 1.64 bits per heavy atom. The van der Waals surface area contributed by atoms with E-state index in [9.17, 15) is 4.79 Å². The molecular weight excluding hydrogens is 470 g/mol. The highest BCUT2D eigenvalue weighted by atomic mass is 35.5. The molecule has 5 rings (SSSR count). The third-order valence-corrected chi connectivity index (χ3v) is 6.90. The maximum atomic E-state index is 12.7. The highest BCUT2D eigenvalue weighted by Gasteiger charge is 2.24. The number of nitrogens with one attached hydrogen (secondary N) is 2. The maximum Gasteiger partial charge on any atom is 0.223 e. The van der Waals surface area contributed by atoms with Gasteiger partial charge in [0.15, 0.2) is 0 Å².